The molecule has 0 N–H and O–H groups in total. The maximum Gasteiger partial charge on any atom is 0.429 e. The number of nitrogens with zero attached hydrogens (tertiary/aromatic N) is 2. The topological polar surface area (TPSA) is 68.3 Å². The highest BCUT2D eigenvalue weighted by Crippen LogP contribution is 2.48. The van der Waals surface area contributed by atoms with Crippen molar-refractivity contribution in [2.24, 2.45) is 0 Å². The largest absolute Gasteiger partial charge is 0.483 e. The number of benzene rings is 1. The maximum absolute atomic E-state index is 12.8. The monoisotopic (exact) mass is 360 g/mol. The Balaban J connectivity index is 2.13. The van der Waals surface area contributed by atoms with Crippen molar-refractivity contribution in [3.8, 4) is 5.75 Å². The van der Waals surface area contributed by atoms with E-state index in [9.17, 15) is 9.59 Å². The normalized spacial score (nSPS) is 20.3. The highest BCUT2D eigenvalue weighted by atomic mass is 16.6. The average molecular weight is 360 g/mol. The van der Waals surface area contributed by atoms with Gasteiger partial charge in [-0.1, -0.05) is 24.3 Å². The molecule has 140 valence electrons. The zero-order valence-corrected chi connectivity index (χ0v) is 15.5. The van der Waals surface area contributed by atoms with Crippen molar-refractivity contribution in [1.82, 2.24) is 10.0 Å². The minimum atomic E-state index is -0.621. The van der Waals surface area contributed by atoms with E-state index in [4.69, 9.17) is 14.2 Å². The minimum Gasteiger partial charge on any atom is -0.483 e. The number of rotatable bonds is 2. The zero-order valence-electron chi connectivity index (χ0n) is 15.5. The van der Waals surface area contributed by atoms with Gasteiger partial charge in [0.05, 0.1) is 19.8 Å². The molecule has 1 unspecified atom stereocenters. The molecule has 26 heavy (non-hydrogen) atoms. The first-order chi connectivity index (χ1) is 12.4. The number of hydrogen-bond donors (Lipinski definition) is 0. The van der Waals surface area contributed by atoms with E-state index >= 15 is 0 Å². The molecule has 0 aliphatic carbocycles. The van der Waals surface area contributed by atoms with Crippen LogP contribution in [0.15, 0.2) is 35.9 Å². The maximum atomic E-state index is 12.8. The molecule has 0 fully saturated rings. The molecular weight excluding hydrogens is 336 g/mol. The van der Waals surface area contributed by atoms with Crippen LogP contribution in [0.5, 0.6) is 5.75 Å². The molecule has 0 saturated carbocycles. The van der Waals surface area contributed by atoms with Crippen molar-refractivity contribution in [1.29, 1.82) is 0 Å². The zero-order chi connectivity index (χ0) is 18.9. The Morgan fingerprint density at radius 1 is 1.15 bits per heavy atom. The molecule has 2 aliphatic heterocycles. The van der Waals surface area contributed by atoms with Crippen LogP contribution >= 0.6 is 0 Å². The highest BCUT2D eigenvalue weighted by Gasteiger charge is 2.48. The summed E-state index contributed by atoms with van der Waals surface area (Å²) in [6.45, 7) is 7.99. The summed E-state index contributed by atoms with van der Waals surface area (Å²) in [6, 6.07) is 7.02. The molecule has 7 heteroatoms. The Kier molecular flexibility index (Phi) is 4.80. The number of hydrogen-bond acceptors (Lipinski definition) is 5. The van der Waals surface area contributed by atoms with E-state index in [1.54, 1.807) is 13.8 Å². The van der Waals surface area contributed by atoms with Gasteiger partial charge in [-0.15, -0.1) is 0 Å². The van der Waals surface area contributed by atoms with Gasteiger partial charge in [-0.3, -0.25) is 0 Å². The van der Waals surface area contributed by atoms with Crippen LogP contribution in [-0.2, 0) is 9.47 Å². The van der Waals surface area contributed by atoms with E-state index in [2.05, 4.69) is 0 Å². The lowest BCUT2D eigenvalue weighted by atomic mass is 9.82. The van der Waals surface area contributed by atoms with Crippen molar-refractivity contribution < 1.29 is 23.8 Å². The molecule has 1 aromatic rings. The van der Waals surface area contributed by atoms with Crippen LogP contribution < -0.4 is 4.74 Å². The van der Waals surface area contributed by atoms with Crippen LogP contribution in [0.25, 0.3) is 0 Å². The summed E-state index contributed by atoms with van der Waals surface area (Å²) in [4.78, 5) is 25.2. The van der Waals surface area contributed by atoms with Crippen molar-refractivity contribution in [3.63, 3.8) is 0 Å². The molecule has 2 aliphatic rings. The van der Waals surface area contributed by atoms with Gasteiger partial charge in [-0.05, 0) is 39.3 Å². The van der Waals surface area contributed by atoms with Crippen molar-refractivity contribution in [2.75, 3.05) is 19.8 Å². The molecule has 0 spiro atoms. The first-order valence-corrected chi connectivity index (χ1v) is 8.79. The fourth-order valence-electron chi connectivity index (χ4n) is 3.42. The Morgan fingerprint density at radius 2 is 1.81 bits per heavy atom. The Labute approximate surface area is 153 Å². The van der Waals surface area contributed by atoms with E-state index < -0.39 is 23.8 Å². The summed E-state index contributed by atoms with van der Waals surface area (Å²) in [7, 11) is 0. The number of amides is 2. The van der Waals surface area contributed by atoms with Crippen LogP contribution in [0.4, 0.5) is 9.59 Å². The number of fused-ring (bicyclic) bond motifs is 3. The van der Waals surface area contributed by atoms with E-state index in [1.165, 1.54) is 10.0 Å². The van der Waals surface area contributed by atoms with Crippen LogP contribution in [0.3, 0.4) is 0 Å². The average Bonchev–Trinajstić information content (AvgIpc) is 2.60. The molecule has 3 rings (SSSR count). The molecular formula is C19H24N2O5. The number of hydrazine groups is 1. The van der Waals surface area contributed by atoms with Crippen LogP contribution in [0.1, 0.15) is 39.3 Å². The predicted octanol–water partition coefficient (Wildman–Crippen LogP) is 3.67. The van der Waals surface area contributed by atoms with E-state index in [0.29, 0.717) is 5.75 Å². The summed E-state index contributed by atoms with van der Waals surface area (Å²) in [5, 5.41) is 2.63. The fourth-order valence-corrected chi connectivity index (χ4v) is 3.42. The molecule has 7 nitrogen and oxygen atoms in total. The highest BCUT2D eigenvalue weighted by molar-refractivity contribution is 5.76. The van der Waals surface area contributed by atoms with Gasteiger partial charge < -0.3 is 14.2 Å². The Hall–Kier alpha value is -2.70. The van der Waals surface area contributed by atoms with Crippen LogP contribution in [0, 0.1) is 0 Å². The van der Waals surface area contributed by atoms with Crippen molar-refractivity contribution >= 4 is 12.2 Å². The van der Waals surface area contributed by atoms with Crippen LogP contribution in [0.2, 0.25) is 0 Å². The quantitative estimate of drug-likeness (QED) is 0.753. The third kappa shape index (κ3) is 2.98. The lowest BCUT2D eigenvalue weighted by molar-refractivity contribution is -0.0512. The van der Waals surface area contributed by atoms with Gasteiger partial charge in [-0.2, -0.15) is 0 Å². The molecule has 2 amide bonds. The molecule has 2 heterocycles. The second kappa shape index (κ2) is 6.90. The summed E-state index contributed by atoms with van der Waals surface area (Å²) in [5.41, 5.74) is 1.09. The first kappa shape index (κ1) is 18.1. The molecule has 1 atom stereocenters. The molecule has 0 bridgehead atoms. The van der Waals surface area contributed by atoms with Crippen LogP contribution in [-0.4, -0.2) is 47.6 Å². The standard InChI is InChI=1S/C19H24N2O5/c1-5-24-17(22)20-12-11-14-16(21(20)18(23)25-6-2)13-9-7-8-10-15(13)26-19(14,3)4/h7-11,16H,5-6,12H2,1-4H3. The first-order valence-electron chi connectivity index (χ1n) is 8.79. The number of carbonyl (C=O) groups is 2. The van der Waals surface area contributed by atoms with Gasteiger partial charge >= 0.3 is 12.2 Å². The lowest BCUT2D eigenvalue weighted by Gasteiger charge is -2.49. The third-order valence-electron chi connectivity index (χ3n) is 4.49. The number of ether oxygens (including phenoxy) is 3. The summed E-state index contributed by atoms with van der Waals surface area (Å²) in [6.07, 6.45) is 0.744. The minimum absolute atomic E-state index is 0.207. The molecule has 1 aromatic carbocycles. The Morgan fingerprint density at radius 3 is 2.50 bits per heavy atom. The Bertz CT molecular complexity index is 743. The summed E-state index contributed by atoms with van der Waals surface area (Å²) in [5.74, 6) is 0.680. The van der Waals surface area contributed by atoms with Gasteiger partial charge in [0, 0.05) is 5.56 Å². The van der Waals surface area contributed by atoms with Gasteiger partial charge in [0.25, 0.3) is 0 Å². The van der Waals surface area contributed by atoms with Crippen molar-refractivity contribution in [3.05, 3.63) is 41.5 Å². The number of para-hydroxylation sites is 1. The van der Waals surface area contributed by atoms with E-state index in [1.807, 2.05) is 44.2 Å². The molecule has 0 aromatic heterocycles. The van der Waals surface area contributed by atoms with Gasteiger partial charge in [0.2, 0.25) is 0 Å². The van der Waals surface area contributed by atoms with E-state index in [-0.39, 0.29) is 19.8 Å². The molecule has 0 radical (unpaired) electrons. The second-order valence-corrected chi connectivity index (χ2v) is 6.54. The second-order valence-electron chi connectivity index (χ2n) is 6.54. The predicted molar refractivity (Wildman–Crippen MR) is 94.6 cm³/mol. The fraction of sp³-hybridized carbons (Fsp3) is 0.474. The van der Waals surface area contributed by atoms with Gasteiger partial charge in [0.15, 0.2) is 0 Å². The lowest BCUT2D eigenvalue weighted by Crippen LogP contribution is -2.58. The molecule has 0 saturated heterocycles. The van der Waals surface area contributed by atoms with Gasteiger partial charge in [-0.25, -0.2) is 19.6 Å². The SMILES string of the molecule is CCOC(=O)N1CC=C2C(c3ccccc3OC2(C)C)N1C(=O)OCC. The third-order valence-corrected chi connectivity index (χ3v) is 4.49. The van der Waals surface area contributed by atoms with Crippen molar-refractivity contribution in [2.45, 2.75) is 39.3 Å². The van der Waals surface area contributed by atoms with E-state index in [0.717, 1.165) is 11.1 Å². The summed E-state index contributed by atoms with van der Waals surface area (Å²) >= 11 is 0. The van der Waals surface area contributed by atoms with Gasteiger partial charge in [0.1, 0.15) is 17.4 Å². The smallest absolute Gasteiger partial charge is 0.429 e. The summed E-state index contributed by atoms with van der Waals surface area (Å²) < 4.78 is 16.5. The number of carbonyl (C=O) groups excluding carboxylic acids is 2.